The van der Waals surface area contributed by atoms with E-state index >= 15 is 0 Å². The number of aryl methyl sites for hydroxylation is 1. The molecule has 1 amide bonds. The molecule has 2 rings (SSSR count). The fourth-order valence-electron chi connectivity index (χ4n) is 1.80. The molecule has 2 aromatic rings. The molecule has 0 aliphatic heterocycles. The summed E-state index contributed by atoms with van der Waals surface area (Å²) >= 11 is 9.10. The monoisotopic (exact) mass is 356 g/mol. The van der Waals surface area contributed by atoms with E-state index in [0.717, 1.165) is 10.0 Å². The van der Waals surface area contributed by atoms with Gasteiger partial charge < -0.3 is 11.1 Å². The van der Waals surface area contributed by atoms with Crippen molar-refractivity contribution in [3.63, 3.8) is 0 Å². The van der Waals surface area contributed by atoms with Gasteiger partial charge in [0.2, 0.25) is 0 Å². The first-order chi connectivity index (χ1) is 9.40. The van der Waals surface area contributed by atoms with Crippen LogP contribution in [0.1, 0.15) is 15.9 Å². The number of anilines is 2. The predicted molar refractivity (Wildman–Crippen MR) is 82.7 cm³/mol. The highest BCUT2D eigenvalue weighted by atomic mass is 79.9. The van der Waals surface area contributed by atoms with Crippen LogP contribution in [0.4, 0.5) is 15.8 Å². The highest BCUT2D eigenvalue weighted by molar-refractivity contribution is 9.10. The van der Waals surface area contributed by atoms with Crippen LogP contribution in [0.15, 0.2) is 34.8 Å². The molecule has 3 nitrogen and oxygen atoms in total. The normalized spacial score (nSPS) is 10.4. The molecule has 0 fully saturated rings. The molecule has 0 atom stereocenters. The number of nitrogens with one attached hydrogen (secondary N) is 1. The van der Waals surface area contributed by atoms with Crippen LogP contribution in [-0.2, 0) is 0 Å². The maximum absolute atomic E-state index is 13.3. The molecule has 0 aliphatic carbocycles. The topological polar surface area (TPSA) is 55.1 Å². The summed E-state index contributed by atoms with van der Waals surface area (Å²) in [5, 5.41) is 2.44. The van der Waals surface area contributed by atoms with E-state index in [1.165, 1.54) is 18.2 Å². The van der Waals surface area contributed by atoms with Crippen LogP contribution in [0.2, 0.25) is 5.02 Å². The highest BCUT2D eigenvalue weighted by Gasteiger charge is 2.15. The van der Waals surface area contributed by atoms with E-state index in [-0.39, 0.29) is 10.6 Å². The Morgan fingerprint density at radius 3 is 2.75 bits per heavy atom. The van der Waals surface area contributed by atoms with E-state index < -0.39 is 11.7 Å². The number of benzene rings is 2. The Balaban J connectivity index is 2.36. The molecule has 3 N–H and O–H groups in total. The van der Waals surface area contributed by atoms with Gasteiger partial charge in [-0.05, 0) is 36.8 Å². The van der Waals surface area contributed by atoms with Crippen molar-refractivity contribution in [1.82, 2.24) is 0 Å². The Labute approximate surface area is 129 Å². The SMILES string of the molecule is Cc1cc(Br)cc(N)c1NC(=O)c1cccc(F)c1Cl. The largest absolute Gasteiger partial charge is 0.397 e. The second kappa shape index (κ2) is 5.81. The van der Waals surface area contributed by atoms with E-state index in [0.29, 0.717) is 11.4 Å². The summed E-state index contributed by atoms with van der Waals surface area (Å²) < 4.78 is 14.2. The van der Waals surface area contributed by atoms with Gasteiger partial charge in [-0.1, -0.05) is 33.6 Å². The summed E-state index contributed by atoms with van der Waals surface area (Å²) in [5.41, 5.74) is 7.62. The first kappa shape index (κ1) is 14.8. The molecule has 0 saturated carbocycles. The molecule has 0 unspecified atom stereocenters. The Morgan fingerprint density at radius 2 is 2.10 bits per heavy atom. The number of carbonyl (C=O) groups is 1. The second-order valence-corrected chi connectivity index (χ2v) is 5.54. The van der Waals surface area contributed by atoms with Gasteiger partial charge in [0.15, 0.2) is 0 Å². The summed E-state index contributed by atoms with van der Waals surface area (Å²) in [6.45, 7) is 1.81. The van der Waals surface area contributed by atoms with Crippen molar-refractivity contribution < 1.29 is 9.18 Å². The van der Waals surface area contributed by atoms with Crippen molar-refractivity contribution in [2.45, 2.75) is 6.92 Å². The van der Waals surface area contributed by atoms with Gasteiger partial charge in [0.1, 0.15) is 5.82 Å². The highest BCUT2D eigenvalue weighted by Crippen LogP contribution is 2.29. The van der Waals surface area contributed by atoms with Gasteiger partial charge in [-0.2, -0.15) is 0 Å². The Morgan fingerprint density at radius 1 is 1.40 bits per heavy atom. The molecule has 0 bridgehead atoms. The summed E-state index contributed by atoms with van der Waals surface area (Å²) in [4.78, 5) is 12.1. The minimum atomic E-state index is -0.639. The first-order valence-electron chi connectivity index (χ1n) is 5.71. The van der Waals surface area contributed by atoms with Gasteiger partial charge in [-0.3, -0.25) is 4.79 Å². The molecule has 0 spiro atoms. The molecular weight excluding hydrogens is 347 g/mol. The molecule has 0 heterocycles. The lowest BCUT2D eigenvalue weighted by Crippen LogP contribution is -2.15. The number of hydrogen-bond donors (Lipinski definition) is 2. The average molecular weight is 358 g/mol. The van der Waals surface area contributed by atoms with E-state index in [1.807, 2.05) is 13.0 Å². The van der Waals surface area contributed by atoms with Crippen LogP contribution in [0, 0.1) is 12.7 Å². The first-order valence-corrected chi connectivity index (χ1v) is 6.88. The molecule has 6 heteroatoms. The van der Waals surface area contributed by atoms with E-state index in [9.17, 15) is 9.18 Å². The molecule has 0 aromatic heterocycles. The Kier molecular flexibility index (Phi) is 4.30. The third-order valence-corrected chi connectivity index (χ3v) is 3.61. The summed E-state index contributed by atoms with van der Waals surface area (Å²) in [6, 6.07) is 7.56. The van der Waals surface area contributed by atoms with Crippen molar-refractivity contribution in [3.8, 4) is 0 Å². The summed E-state index contributed by atoms with van der Waals surface area (Å²) in [6.07, 6.45) is 0. The third kappa shape index (κ3) is 2.94. The van der Waals surface area contributed by atoms with Crippen LogP contribution in [0.5, 0.6) is 0 Å². The number of hydrogen-bond acceptors (Lipinski definition) is 2. The van der Waals surface area contributed by atoms with Crippen molar-refractivity contribution in [3.05, 3.63) is 56.8 Å². The zero-order valence-corrected chi connectivity index (χ0v) is 12.8. The number of halogens is 3. The van der Waals surface area contributed by atoms with Crippen LogP contribution in [0.25, 0.3) is 0 Å². The van der Waals surface area contributed by atoms with E-state index in [2.05, 4.69) is 21.2 Å². The van der Waals surface area contributed by atoms with Gasteiger partial charge in [0.05, 0.1) is 22.0 Å². The lowest BCUT2D eigenvalue weighted by Gasteiger charge is -2.12. The van der Waals surface area contributed by atoms with E-state index in [4.69, 9.17) is 17.3 Å². The minimum absolute atomic E-state index is 0.0633. The van der Waals surface area contributed by atoms with Gasteiger partial charge in [-0.15, -0.1) is 0 Å². The number of nitrogens with two attached hydrogens (primary N) is 1. The average Bonchev–Trinajstić information content (AvgIpc) is 2.36. The molecule has 0 aliphatic rings. The molecule has 20 heavy (non-hydrogen) atoms. The number of carbonyl (C=O) groups excluding carboxylic acids is 1. The molecule has 104 valence electrons. The molecule has 0 radical (unpaired) electrons. The van der Waals surface area contributed by atoms with Gasteiger partial charge in [0.25, 0.3) is 5.91 Å². The standard InChI is InChI=1S/C14H11BrClFN2O/c1-7-5-8(15)6-11(18)13(7)19-14(20)9-3-2-4-10(17)12(9)16/h2-6H,18H2,1H3,(H,19,20). The summed E-state index contributed by atoms with van der Waals surface area (Å²) in [5.74, 6) is -1.15. The number of amides is 1. The van der Waals surface area contributed by atoms with E-state index in [1.54, 1.807) is 6.07 Å². The lowest BCUT2D eigenvalue weighted by atomic mass is 10.1. The molecule has 0 saturated heterocycles. The fraction of sp³-hybridized carbons (Fsp3) is 0.0714. The Hall–Kier alpha value is -1.59. The molecule has 2 aromatic carbocycles. The smallest absolute Gasteiger partial charge is 0.257 e. The van der Waals surface area contributed by atoms with Crippen LogP contribution in [0.3, 0.4) is 0 Å². The van der Waals surface area contributed by atoms with Gasteiger partial charge >= 0.3 is 0 Å². The van der Waals surface area contributed by atoms with Crippen molar-refractivity contribution >= 4 is 44.8 Å². The van der Waals surface area contributed by atoms with Gasteiger partial charge in [-0.25, -0.2) is 4.39 Å². The van der Waals surface area contributed by atoms with Crippen LogP contribution in [-0.4, -0.2) is 5.91 Å². The minimum Gasteiger partial charge on any atom is -0.397 e. The maximum Gasteiger partial charge on any atom is 0.257 e. The lowest BCUT2D eigenvalue weighted by molar-refractivity contribution is 0.102. The predicted octanol–water partition coefficient (Wildman–Crippen LogP) is 4.38. The third-order valence-electron chi connectivity index (χ3n) is 2.77. The van der Waals surface area contributed by atoms with Crippen molar-refractivity contribution in [2.24, 2.45) is 0 Å². The number of rotatable bonds is 2. The maximum atomic E-state index is 13.3. The van der Waals surface area contributed by atoms with Gasteiger partial charge in [0, 0.05) is 4.47 Å². The van der Waals surface area contributed by atoms with Crippen molar-refractivity contribution in [2.75, 3.05) is 11.1 Å². The fourth-order valence-corrected chi connectivity index (χ4v) is 2.60. The quantitative estimate of drug-likeness (QED) is 0.783. The molecular formula is C14H11BrClFN2O. The summed E-state index contributed by atoms with van der Waals surface area (Å²) in [7, 11) is 0. The van der Waals surface area contributed by atoms with Crippen molar-refractivity contribution in [1.29, 1.82) is 0 Å². The Bertz CT molecular complexity index is 668. The number of nitrogen functional groups attached to an aromatic ring is 1. The van der Waals surface area contributed by atoms with Crippen LogP contribution < -0.4 is 11.1 Å². The zero-order chi connectivity index (χ0) is 14.9. The van der Waals surface area contributed by atoms with Crippen LogP contribution >= 0.6 is 27.5 Å². The second-order valence-electron chi connectivity index (χ2n) is 4.24. The zero-order valence-electron chi connectivity index (χ0n) is 10.5.